The average Bonchev–Trinajstić information content (AvgIpc) is 2.15. The molecule has 1 aromatic heterocycles. The van der Waals surface area contributed by atoms with E-state index in [-0.39, 0.29) is 10.9 Å². The highest BCUT2D eigenvalue weighted by Crippen LogP contribution is 2.11. The molecule has 0 bridgehead atoms. The van der Waals surface area contributed by atoms with E-state index in [0.717, 1.165) is 6.26 Å². The molecule has 6 nitrogen and oxygen atoms in total. The van der Waals surface area contributed by atoms with Crippen LogP contribution in [0, 0.1) is 0 Å². The molecule has 0 spiro atoms. The third-order valence-electron chi connectivity index (χ3n) is 1.96. The predicted molar refractivity (Wildman–Crippen MR) is 64.2 cm³/mol. The number of sulfone groups is 1. The van der Waals surface area contributed by atoms with Crippen molar-refractivity contribution >= 4 is 21.4 Å². The van der Waals surface area contributed by atoms with Crippen molar-refractivity contribution in [2.45, 2.75) is 24.4 Å². The summed E-state index contributed by atoms with van der Waals surface area (Å²) in [6, 6.07) is 2.79. The first kappa shape index (κ1) is 13.6. The standard InChI is InChI=1S/C10H15N3O3S/c1-10(2,11)9(14)13-7-4-5-8(12-6-7)17(3,15)16/h4-6H,11H2,1-3H3,(H,13,14). The van der Waals surface area contributed by atoms with Gasteiger partial charge in [-0.3, -0.25) is 4.79 Å². The Morgan fingerprint density at radius 1 is 1.41 bits per heavy atom. The zero-order chi connectivity index (χ0) is 13.3. The van der Waals surface area contributed by atoms with Gasteiger partial charge in [0.05, 0.1) is 17.4 Å². The van der Waals surface area contributed by atoms with Crippen LogP contribution in [-0.4, -0.2) is 31.1 Å². The molecule has 7 heteroatoms. The van der Waals surface area contributed by atoms with Gasteiger partial charge in [-0.1, -0.05) is 0 Å². The van der Waals surface area contributed by atoms with Crippen molar-refractivity contribution in [1.29, 1.82) is 0 Å². The third-order valence-corrected chi connectivity index (χ3v) is 2.96. The van der Waals surface area contributed by atoms with Gasteiger partial charge in [-0.25, -0.2) is 13.4 Å². The van der Waals surface area contributed by atoms with Crippen molar-refractivity contribution < 1.29 is 13.2 Å². The molecule has 1 amide bonds. The molecule has 0 saturated carbocycles. The molecule has 1 heterocycles. The summed E-state index contributed by atoms with van der Waals surface area (Å²) < 4.78 is 22.3. The van der Waals surface area contributed by atoms with Crippen LogP contribution in [0.1, 0.15) is 13.8 Å². The molecular formula is C10H15N3O3S. The highest BCUT2D eigenvalue weighted by molar-refractivity contribution is 7.90. The van der Waals surface area contributed by atoms with E-state index in [1.165, 1.54) is 18.3 Å². The predicted octanol–water partition coefficient (Wildman–Crippen LogP) is 0.161. The lowest BCUT2D eigenvalue weighted by atomic mass is 10.1. The van der Waals surface area contributed by atoms with Crippen LogP contribution in [0.25, 0.3) is 0 Å². The number of carbonyl (C=O) groups is 1. The van der Waals surface area contributed by atoms with Gasteiger partial charge in [-0.2, -0.15) is 0 Å². The lowest BCUT2D eigenvalue weighted by Crippen LogP contribution is -2.45. The van der Waals surface area contributed by atoms with Crippen LogP contribution in [0.15, 0.2) is 23.4 Å². The van der Waals surface area contributed by atoms with Crippen LogP contribution >= 0.6 is 0 Å². The van der Waals surface area contributed by atoms with Gasteiger partial charge in [-0.05, 0) is 26.0 Å². The van der Waals surface area contributed by atoms with Gasteiger partial charge in [0, 0.05) is 6.26 Å². The summed E-state index contributed by atoms with van der Waals surface area (Å²) in [6.45, 7) is 3.14. The summed E-state index contributed by atoms with van der Waals surface area (Å²) in [5.41, 5.74) is 5.00. The molecule has 17 heavy (non-hydrogen) atoms. The van der Waals surface area contributed by atoms with Crippen LogP contribution in [0.5, 0.6) is 0 Å². The number of nitrogens with two attached hydrogens (primary N) is 1. The first-order chi connectivity index (χ1) is 7.60. The first-order valence-electron chi connectivity index (χ1n) is 4.87. The molecule has 0 unspecified atom stereocenters. The summed E-state index contributed by atoms with van der Waals surface area (Å²) in [5, 5.41) is 2.50. The zero-order valence-electron chi connectivity index (χ0n) is 9.89. The Bertz CT molecular complexity index is 515. The second kappa shape index (κ2) is 4.42. The molecule has 0 atom stereocenters. The maximum atomic E-state index is 11.5. The van der Waals surface area contributed by atoms with Crippen LogP contribution < -0.4 is 11.1 Å². The maximum Gasteiger partial charge on any atom is 0.243 e. The molecule has 0 radical (unpaired) electrons. The van der Waals surface area contributed by atoms with Gasteiger partial charge < -0.3 is 11.1 Å². The summed E-state index contributed by atoms with van der Waals surface area (Å²) in [4.78, 5) is 15.3. The number of hydrogen-bond donors (Lipinski definition) is 2. The smallest absolute Gasteiger partial charge is 0.243 e. The fourth-order valence-corrected chi connectivity index (χ4v) is 1.53. The highest BCUT2D eigenvalue weighted by Gasteiger charge is 2.21. The molecule has 0 aliphatic rings. The van der Waals surface area contributed by atoms with Crippen LogP contribution in [0.2, 0.25) is 0 Å². The van der Waals surface area contributed by atoms with Gasteiger partial charge in [0.25, 0.3) is 0 Å². The lowest BCUT2D eigenvalue weighted by Gasteiger charge is -2.17. The number of pyridine rings is 1. The van der Waals surface area contributed by atoms with E-state index in [2.05, 4.69) is 10.3 Å². The van der Waals surface area contributed by atoms with Gasteiger partial charge in [0.1, 0.15) is 0 Å². The van der Waals surface area contributed by atoms with E-state index in [1.807, 2.05) is 0 Å². The fraction of sp³-hybridized carbons (Fsp3) is 0.400. The van der Waals surface area contributed by atoms with Gasteiger partial charge >= 0.3 is 0 Å². The van der Waals surface area contributed by atoms with Crippen LogP contribution in [0.4, 0.5) is 5.69 Å². The maximum absolute atomic E-state index is 11.5. The minimum atomic E-state index is -3.32. The Morgan fingerprint density at radius 3 is 2.35 bits per heavy atom. The molecule has 3 N–H and O–H groups in total. The molecule has 0 fully saturated rings. The summed E-state index contributed by atoms with van der Waals surface area (Å²) in [7, 11) is -3.32. The Morgan fingerprint density at radius 2 is 2.00 bits per heavy atom. The zero-order valence-corrected chi connectivity index (χ0v) is 10.7. The van der Waals surface area contributed by atoms with Crippen molar-refractivity contribution in [3.8, 4) is 0 Å². The Balaban J connectivity index is 2.87. The Labute approximate surface area is 100 Å². The minimum Gasteiger partial charge on any atom is -0.323 e. The monoisotopic (exact) mass is 257 g/mol. The number of nitrogens with zero attached hydrogens (tertiary/aromatic N) is 1. The number of hydrogen-bond acceptors (Lipinski definition) is 5. The van der Waals surface area contributed by atoms with E-state index < -0.39 is 15.4 Å². The van der Waals surface area contributed by atoms with Crippen molar-refractivity contribution in [3.05, 3.63) is 18.3 Å². The molecule has 1 rings (SSSR count). The molecule has 0 aliphatic carbocycles. The molecule has 1 aromatic rings. The largest absolute Gasteiger partial charge is 0.323 e. The molecule has 94 valence electrons. The summed E-state index contributed by atoms with van der Waals surface area (Å²) in [5.74, 6) is -0.369. The highest BCUT2D eigenvalue weighted by atomic mass is 32.2. The fourth-order valence-electron chi connectivity index (χ4n) is 0.966. The SMILES string of the molecule is CC(C)(N)C(=O)Nc1ccc(S(C)(=O)=O)nc1. The number of aromatic nitrogens is 1. The van der Waals surface area contributed by atoms with E-state index in [0.29, 0.717) is 5.69 Å². The Kier molecular flexibility index (Phi) is 3.53. The van der Waals surface area contributed by atoms with E-state index >= 15 is 0 Å². The van der Waals surface area contributed by atoms with Crippen molar-refractivity contribution in [2.75, 3.05) is 11.6 Å². The van der Waals surface area contributed by atoms with Crippen molar-refractivity contribution in [2.24, 2.45) is 5.73 Å². The Hall–Kier alpha value is -1.47. The molecule has 0 aliphatic heterocycles. The average molecular weight is 257 g/mol. The van der Waals surface area contributed by atoms with Gasteiger partial charge in [0.15, 0.2) is 14.9 Å². The van der Waals surface area contributed by atoms with Gasteiger partial charge in [0.2, 0.25) is 5.91 Å². The number of anilines is 1. The van der Waals surface area contributed by atoms with Crippen molar-refractivity contribution in [1.82, 2.24) is 4.98 Å². The summed E-state index contributed by atoms with van der Waals surface area (Å²) in [6.07, 6.45) is 2.34. The normalized spacial score (nSPS) is 12.2. The topological polar surface area (TPSA) is 102 Å². The van der Waals surface area contributed by atoms with Gasteiger partial charge in [-0.15, -0.1) is 0 Å². The second-order valence-corrected chi connectivity index (χ2v) is 6.30. The molecule has 0 saturated heterocycles. The number of amides is 1. The second-order valence-electron chi connectivity index (χ2n) is 4.33. The van der Waals surface area contributed by atoms with E-state index in [4.69, 9.17) is 5.73 Å². The van der Waals surface area contributed by atoms with Crippen LogP contribution in [-0.2, 0) is 14.6 Å². The molecule has 0 aromatic carbocycles. The van der Waals surface area contributed by atoms with Crippen molar-refractivity contribution in [3.63, 3.8) is 0 Å². The molecular weight excluding hydrogens is 242 g/mol. The summed E-state index contributed by atoms with van der Waals surface area (Å²) >= 11 is 0. The van der Waals surface area contributed by atoms with E-state index in [9.17, 15) is 13.2 Å². The lowest BCUT2D eigenvalue weighted by molar-refractivity contribution is -0.120. The quantitative estimate of drug-likeness (QED) is 0.803. The number of rotatable bonds is 3. The number of nitrogens with one attached hydrogen (secondary N) is 1. The van der Waals surface area contributed by atoms with Crippen LogP contribution in [0.3, 0.4) is 0 Å². The third kappa shape index (κ3) is 3.79. The number of carbonyl (C=O) groups excluding carboxylic acids is 1. The minimum absolute atomic E-state index is 0.0393. The van der Waals surface area contributed by atoms with E-state index in [1.54, 1.807) is 13.8 Å². The first-order valence-corrected chi connectivity index (χ1v) is 6.76.